The van der Waals surface area contributed by atoms with E-state index in [-0.39, 0.29) is 29.1 Å². The van der Waals surface area contributed by atoms with Crippen molar-refractivity contribution in [2.45, 2.75) is 19.4 Å². The van der Waals surface area contributed by atoms with Gasteiger partial charge >= 0.3 is 0 Å². The zero-order valence-electron chi connectivity index (χ0n) is 19.7. The van der Waals surface area contributed by atoms with E-state index in [2.05, 4.69) is 35.6 Å². The molecule has 0 fully saturated rings. The van der Waals surface area contributed by atoms with E-state index < -0.39 is 41.6 Å². The topological polar surface area (TPSA) is 151 Å². The molecule has 1 aromatic carbocycles. The summed E-state index contributed by atoms with van der Waals surface area (Å²) < 4.78 is 45.8. The number of pyridine rings is 1. The number of fused-ring (bicyclic) bond motifs is 1. The number of phenols is 2. The number of aromatic hydroxyl groups is 2. The number of amides is 1. The summed E-state index contributed by atoms with van der Waals surface area (Å²) in [6.07, 6.45) is 0.870. The van der Waals surface area contributed by atoms with E-state index in [0.717, 1.165) is 18.3 Å². The number of carbonyl (C=O) groups excluding carboxylic acids is 1. The number of anilines is 5. The van der Waals surface area contributed by atoms with Gasteiger partial charge in [-0.3, -0.25) is 4.79 Å². The fraction of sp³-hybridized carbons (Fsp3) is 0.200. The molecule has 32 heavy (non-hydrogen) atoms. The average molecular weight is 445 g/mol. The van der Waals surface area contributed by atoms with Crippen LogP contribution in [0, 0.1) is 5.82 Å². The number of phenolic OH excluding ortho intramolecular Hbond substituents is 2. The van der Waals surface area contributed by atoms with Gasteiger partial charge in [-0.25, -0.2) is 14.4 Å². The number of hydrogen-bond acceptors (Lipinski definition) is 10. The fourth-order valence-electron chi connectivity index (χ4n) is 2.81. The summed E-state index contributed by atoms with van der Waals surface area (Å²) in [6, 6.07) is 5.19. The third-order valence-corrected chi connectivity index (χ3v) is 4.40. The van der Waals surface area contributed by atoms with E-state index in [9.17, 15) is 19.4 Å². The third-order valence-electron chi connectivity index (χ3n) is 4.40. The van der Waals surface area contributed by atoms with Crippen molar-refractivity contribution in [3.05, 3.63) is 36.3 Å². The molecule has 12 heteroatoms. The molecule has 0 aliphatic carbocycles. The Kier molecular flexibility index (Phi) is 4.19. The average Bonchev–Trinajstić information content (AvgIpc) is 2.73. The summed E-state index contributed by atoms with van der Waals surface area (Å²) >= 11 is 0. The first-order chi connectivity index (χ1) is 16.3. The second-order valence-corrected chi connectivity index (χ2v) is 7.20. The summed E-state index contributed by atoms with van der Waals surface area (Å²) in [5, 5.41) is 28.0. The van der Waals surface area contributed by atoms with Crippen LogP contribution >= 0.6 is 0 Å². The monoisotopic (exact) mass is 445 g/mol. The van der Waals surface area contributed by atoms with Crippen LogP contribution in [0.2, 0.25) is 0 Å². The molecule has 3 heterocycles. The van der Waals surface area contributed by atoms with Gasteiger partial charge in [-0.2, -0.15) is 4.98 Å². The maximum Gasteiger partial charge on any atom is 0.269 e. The first-order valence-corrected chi connectivity index (χ1v) is 9.14. The number of ether oxygens (including phenoxy) is 2. The molecule has 1 amide bonds. The molecule has 166 valence electrons. The Bertz CT molecular complexity index is 1300. The maximum absolute atomic E-state index is 14.3. The smallest absolute Gasteiger partial charge is 0.269 e. The number of hydrogen-bond donors (Lipinski definition) is 5. The molecule has 0 spiro atoms. The van der Waals surface area contributed by atoms with Crippen LogP contribution in [0.3, 0.4) is 0 Å². The lowest BCUT2D eigenvalue weighted by atomic mass is 10.1. The second kappa shape index (κ2) is 7.72. The minimum atomic E-state index is -2.89. The van der Waals surface area contributed by atoms with Crippen molar-refractivity contribution in [2.75, 3.05) is 23.0 Å². The van der Waals surface area contributed by atoms with Crippen LogP contribution in [0.4, 0.5) is 33.5 Å². The number of nitrogens with one attached hydrogen (secondary N) is 3. The molecule has 0 bridgehead atoms. The van der Waals surface area contributed by atoms with Crippen LogP contribution in [0.25, 0.3) is 0 Å². The van der Waals surface area contributed by atoms with Crippen LogP contribution in [-0.2, 0) is 4.79 Å². The van der Waals surface area contributed by atoms with Gasteiger partial charge in [0.1, 0.15) is 5.82 Å². The SMILES string of the molecule is [2H]C([2H])([2H])Oc1c(O)cc(Nc2ncc(F)c(Nc3ccc4c(n3)NC(=O)C(C)(C)O4)n2)cc1O. The number of nitrogens with zero attached hydrogens (tertiary/aromatic N) is 3. The molecular weight excluding hydrogens is 423 g/mol. The molecule has 11 nitrogen and oxygen atoms in total. The summed E-state index contributed by atoms with van der Waals surface area (Å²) in [4.78, 5) is 24.1. The van der Waals surface area contributed by atoms with E-state index in [4.69, 9.17) is 8.85 Å². The minimum absolute atomic E-state index is 0.0600. The molecule has 0 saturated carbocycles. The van der Waals surface area contributed by atoms with E-state index in [1.165, 1.54) is 6.07 Å². The number of halogens is 1. The zero-order chi connectivity index (χ0) is 25.5. The largest absolute Gasteiger partial charge is 0.504 e. The Morgan fingerprint density at radius 3 is 2.69 bits per heavy atom. The highest BCUT2D eigenvalue weighted by Gasteiger charge is 2.36. The van der Waals surface area contributed by atoms with Gasteiger partial charge in [0.05, 0.1) is 17.3 Å². The van der Waals surface area contributed by atoms with Gasteiger partial charge in [0.2, 0.25) is 11.7 Å². The lowest BCUT2D eigenvalue weighted by molar-refractivity contribution is -0.129. The number of carbonyl (C=O) groups is 1. The van der Waals surface area contributed by atoms with Gasteiger partial charge in [-0.05, 0) is 26.0 Å². The number of rotatable bonds is 5. The fourth-order valence-corrected chi connectivity index (χ4v) is 2.81. The highest BCUT2D eigenvalue weighted by molar-refractivity contribution is 5.99. The molecule has 5 N–H and O–H groups in total. The lowest BCUT2D eigenvalue weighted by Crippen LogP contribution is -2.46. The third kappa shape index (κ3) is 3.97. The summed E-state index contributed by atoms with van der Waals surface area (Å²) in [6.45, 7) is 3.21. The molecule has 0 radical (unpaired) electrons. The van der Waals surface area contributed by atoms with Crippen LogP contribution < -0.4 is 25.4 Å². The maximum atomic E-state index is 14.3. The van der Waals surface area contributed by atoms with Gasteiger partial charge < -0.3 is 35.6 Å². The van der Waals surface area contributed by atoms with Crippen LogP contribution in [0.15, 0.2) is 30.5 Å². The Balaban J connectivity index is 1.55. The van der Waals surface area contributed by atoms with Gasteiger partial charge in [-0.1, -0.05) is 0 Å². The minimum Gasteiger partial charge on any atom is -0.504 e. The first-order valence-electron chi connectivity index (χ1n) is 10.6. The number of benzene rings is 1. The normalized spacial score (nSPS) is 15.8. The standard InChI is InChI=1S/C20H19FN6O5/c1-20(2)18(30)26-17-13(32-20)4-5-14(25-17)24-16-10(21)8-22-19(27-16)23-9-6-11(28)15(31-3)12(29)7-9/h4-8,28-29H,1-3H3,(H3,22,23,24,25,26,27,30)/i3D3. The van der Waals surface area contributed by atoms with Crippen molar-refractivity contribution in [1.29, 1.82) is 0 Å². The predicted octanol–water partition coefficient (Wildman–Crippen LogP) is 3.03. The van der Waals surface area contributed by atoms with E-state index in [1.54, 1.807) is 19.9 Å². The Morgan fingerprint density at radius 1 is 1.22 bits per heavy atom. The number of aromatic nitrogens is 3. The van der Waals surface area contributed by atoms with Crippen molar-refractivity contribution in [1.82, 2.24) is 15.0 Å². The van der Waals surface area contributed by atoms with Crippen molar-refractivity contribution in [3.8, 4) is 23.0 Å². The van der Waals surface area contributed by atoms with Crippen LogP contribution in [0.5, 0.6) is 23.0 Å². The molecule has 1 aliphatic rings. The van der Waals surface area contributed by atoms with Crippen molar-refractivity contribution >= 4 is 35.0 Å². The van der Waals surface area contributed by atoms with E-state index >= 15 is 0 Å². The molecule has 2 aromatic heterocycles. The molecular formula is C20H19FN6O5. The quantitative estimate of drug-likeness (QED) is 0.396. The van der Waals surface area contributed by atoms with Crippen molar-refractivity contribution in [2.24, 2.45) is 0 Å². The molecule has 0 saturated heterocycles. The summed E-state index contributed by atoms with van der Waals surface area (Å²) in [5.74, 6) is -2.91. The van der Waals surface area contributed by atoms with Crippen molar-refractivity contribution in [3.63, 3.8) is 0 Å². The molecule has 4 rings (SSSR count). The first kappa shape index (κ1) is 17.3. The van der Waals surface area contributed by atoms with E-state index in [1.807, 2.05) is 0 Å². The summed E-state index contributed by atoms with van der Waals surface area (Å²) in [5.41, 5.74) is -1.01. The van der Waals surface area contributed by atoms with Gasteiger partial charge in [0, 0.05) is 17.8 Å². The Hall–Kier alpha value is -4.35. The Morgan fingerprint density at radius 2 is 1.97 bits per heavy atom. The highest BCUT2D eigenvalue weighted by atomic mass is 19.1. The Labute approximate surface area is 185 Å². The molecule has 1 aliphatic heterocycles. The number of methoxy groups -OCH3 is 1. The van der Waals surface area contributed by atoms with Crippen molar-refractivity contribution < 1.29 is 33.0 Å². The van der Waals surface area contributed by atoms with Crippen LogP contribution in [0.1, 0.15) is 18.0 Å². The lowest BCUT2D eigenvalue weighted by Gasteiger charge is -2.30. The molecule has 0 unspecified atom stereocenters. The highest BCUT2D eigenvalue weighted by Crippen LogP contribution is 2.39. The molecule has 3 aromatic rings. The zero-order valence-corrected chi connectivity index (χ0v) is 16.7. The summed E-state index contributed by atoms with van der Waals surface area (Å²) in [7, 11) is -2.89. The molecule has 0 atom stereocenters. The van der Waals surface area contributed by atoms with Gasteiger partial charge in [0.15, 0.2) is 40.3 Å². The second-order valence-electron chi connectivity index (χ2n) is 7.20. The van der Waals surface area contributed by atoms with Gasteiger partial charge in [-0.15, -0.1) is 0 Å². The van der Waals surface area contributed by atoms with Gasteiger partial charge in [0.25, 0.3) is 5.91 Å². The van der Waals surface area contributed by atoms with Crippen LogP contribution in [-0.4, -0.2) is 43.7 Å². The predicted molar refractivity (Wildman–Crippen MR) is 112 cm³/mol. The van der Waals surface area contributed by atoms with E-state index in [0.29, 0.717) is 5.75 Å².